The molecule has 2 saturated heterocycles. The average molecular weight is 293 g/mol. The van der Waals surface area contributed by atoms with Crippen LogP contribution in [0.5, 0.6) is 0 Å². The van der Waals surface area contributed by atoms with Crippen molar-refractivity contribution in [2.45, 2.75) is 25.0 Å². The average Bonchev–Trinajstić information content (AvgIpc) is 2.98. The molecule has 3 atom stereocenters. The molecule has 0 aromatic rings. The fourth-order valence-electron chi connectivity index (χ4n) is 2.81. The molecule has 0 radical (unpaired) electrons. The van der Waals surface area contributed by atoms with Crippen molar-refractivity contribution >= 4 is 10.0 Å². The topological polar surface area (TPSA) is 65.1 Å². The standard InChI is InChI=1S/C12H23NO5S/c1-16-8-11-5-12(17-2)6-13(11)19(14,15)9-10-3-4-18-7-10/h10-12H,3-9H2,1-2H3/t10?,11-,12-/m0/s1. The van der Waals surface area contributed by atoms with Gasteiger partial charge in [-0.05, 0) is 18.8 Å². The van der Waals surface area contributed by atoms with Gasteiger partial charge in [0.15, 0.2) is 0 Å². The first kappa shape index (κ1) is 15.2. The fraction of sp³-hybridized carbons (Fsp3) is 1.00. The van der Waals surface area contributed by atoms with Gasteiger partial charge in [-0.15, -0.1) is 0 Å². The third-order valence-corrected chi connectivity index (χ3v) is 5.90. The Kier molecular flexibility index (Phi) is 5.19. The van der Waals surface area contributed by atoms with E-state index in [9.17, 15) is 8.42 Å². The van der Waals surface area contributed by atoms with Crippen molar-refractivity contribution in [1.29, 1.82) is 0 Å². The Morgan fingerprint density at radius 1 is 1.37 bits per heavy atom. The molecule has 0 aromatic heterocycles. The molecule has 0 saturated carbocycles. The molecule has 2 aliphatic rings. The molecule has 2 aliphatic heterocycles. The second-order valence-corrected chi connectivity index (χ2v) is 7.25. The van der Waals surface area contributed by atoms with E-state index in [1.807, 2.05) is 0 Å². The molecule has 0 amide bonds. The number of nitrogens with zero attached hydrogens (tertiary/aromatic N) is 1. The highest BCUT2D eigenvalue weighted by atomic mass is 32.2. The highest BCUT2D eigenvalue weighted by molar-refractivity contribution is 7.89. The van der Waals surface area contributed by atoms with Crippen molar-refractivity contribution in [3.63, 3.8) is 0 Å². The second kappa shape index (κ2) is 6.49. The predicted octanol–water partition coefficient (Wildman–Crippen LogP) is 0.0884. The lowest BCUT2D eigenvalue weighted by atomic mass is 10.2. The quantitative estimate of drug-likeness (QED) is 0.694. The van der Waals surface area contributed by atoms with Gasteiger partial charge >= 0.3 is 0 Å². The van der Waals surface area contributed by atoms with Crippen molar-refractivity contribution in [3.8, 4) is 0 Å². The molecule has 0 spiro atoms. The Labute approximate surface area is 115 Å². The number of rotatable bonds is 6. The van der Waals surface area contributed by atoms with Crippen molar-refractivity contribution in [2.24, 2.45) is 5.92 Å². The van der Waals surface area contributed by atoms with Gasteiger partial charge < -0.3 is 14.2 Å². The molecule has 0 N–H and O–H groups in total. The molecular formula is C12H23NO5S. The van der Waals surface area contributed by atoms with Crippen molar-refractivity contribution in [3.05, 3.63) is 0 Å². The van der Waals surface area contributed by atoms with Gasteiger partial charge in [0.2, 0.25) is 10.0 Å². The third kappa shape index (κ3) is 3.66. The number of methoxy groups -OCH3 is 2. The molecule has 2 fully saturated rings. The van der Waals surface area contributed by atoms with E-state index in [-0.39, 0.29) is 23.8 Å². The highest BCUT2D eigenvalue weighted by Crippen LogP contribution is 2.26. The van der Waals surface area contributed by atoms with Crippen molar-refractivity contribution in [1.82, 2.24) is 4.31 Å². The lowest BCUT2D eigenvalue weighted by molar-refractivity contribution is 0.110. The third-order valence-electron chi connectivity index (χ3n) is 3.85. The van der Waals surface area contributed by atoms with E-state index >= 15 is 0 Å². The van der Waals surface area contributed by atoms with E-state index in [0.29, 0.717) is 32.8 Å². The smallest absolute Gasteiger partial charge is 0.214 e. The fourth-order valence-corrected chi connectivity index (χ4v) is 4.85. The van der Waals surface area contributed by atoms with E-state index in [1.165, 1.54) is 0 Å². The molecule has 0 bridgehead atoms. The molecule has 2 rings (SSSR count). The molecule has 7 heteroatoms. The first-order chi connectivity index (χ1) is 9.06. The maximum Gasteiger partial charge on any atom is 0.214 e. The Bertz CT molecular complexity index is 380. The van der Waals surface area contributed by atoms with Crippen molar-refractivity contribution < 1.29 is 22.6 Å². The first-order valence-electron chi connectivity index (χ1n) is 6.65. The van der Waals surface area contributed by atoms with Gasteiger partial charge in [-0.1, -0.05) is 0 Å². The van der Waals surface area contributed by atoms with Crippen LogP contribution in [0, 0.1) is 5.92 Å². The molecule has 19 heavy (non-hydrogen) atoms. The zero-order chi connectivity index (χ0) is 13.9. The van der Waals surface area contributed by atoms with Crippen LogP contribution >= 0.6 is 0 Å². The zero-order valence-corrected chi connectivity index (χ0v) is 12.4. The van der Waals surface area contributed by atoms with Crippen LogP contribution in [0.2, 0.25) is 0 Å². The Hall–Kier alpha value is -0.210. The summed E-state index contributed by atoms with van der Waals surface area (Å²) in [5.74, 6) is 0.290. The summed E-state index contributed by atoms with van der Waals surface area (Å²) in [7, 11) is -0.0510. The minimum Gasteiger partial charge on any atom is -0.383 e. The first-order valence-corrected chi connectivity index (χ1v) is 8.26. The van der Waals surface area contributed by atoms with Crippen LogP contribution in [-0.2, 0) is 24.2 Å². The summed E-state index contributed by atoms with van der Waals surface area (Å²) in [5, 5.41) is 0. The Morgan fingerprint density at radius 2 is 2.16 bits per heavy atom. The van der Waals surface area contributed by atoms with Crippen LogP contribution in [0.1, 0.15) is 12.8 Å². The number of hydrogen-bond acceptors (Lipinski definition) is 5. The molecule has 6 nitrogen and oxygen atoms in total. The van der Waals surface area contributed by atoms with Crippen LogP contribution in [0.3, 0.4) is 0 Å². The van der Waals surface area contributed by atoms with Crippen LogP contribution in [-0.4, -0.2) is 71.2 Å². The van der Waals surface area contributed by atoms with Gasteiger partial charge in [0.1, 0.15) is 0 Å². The van der Waals surface area contributed by atoms with Gasteiger partial charge in [-0.2, -0.15) is 4.31 Å². The molecular weight excluding hydrogens is 270 g/mol. The maximum atomic E-state index is 12.5. The van der Waals surface area contributed by atoms with E-state index < -0.39 is 10.0 Å². The van der Waals surface area contributed by atoms with Gasteiger partial charge in [0.05, 0.1) is 31.1 Å². The molecule has 0 aliphatic carbocycles. The normalized spacial score (nSPS) is 33.1. The second-order valence-electron chi connectivity index (χ2n) is 5.28. The zero-order valence-electron chi connectivity index (χ0n) is 11.6. The summed E-state index contributed by atoms with van der Waals surface area (Å²) in [6, 6.07) is -0.109. The Morgan fingerprint density at radius 3 is 2.74 bits per heavy atom. The highest BCUT2D eigenvalue weighted by Gasteiger charge is 2.40. The molecule has 2 heterocycles. The SMILES string of the molecule is COC[C@@H]1C[C@H](OC)CN1S(=O)(=O)CC1CCOC1. The van der Waals surface area contributed by atoms with Crippen molar-refractivity contribution in [2.75, 3.05) is 46.3 Å². The van der Waals surface area contributed by atoms with E-state index in [4.69, 9.17) is 14.2 Å². The molecule has 112 valence electrons. The Balaban J connectivity index is 2.03. The van der Waals surface area contributed by atoms with E-state index in [2.05, 4.69) is 0 Å². The van der Waals surface area contributed by atoms with Crippen LogP contribution in [0.4, 0.5) is 0 Å². The predicted molar refractivity (Wildman–Crippen MR) is 70.5 cm³/mol. The maximum absolute atomic E-state index is 12.5. The summed E-state index contributed by atoms with van der Waals surface area (Å²) < 4.78 is 42.2. The number of sulfonamides is 1. The monoisotopic (exact) mass is 293 g/mol. The summed E-state index contributed by atoms with van der Waals surface area (Å²) in [4.78, 5) is 0. The van der Waals surface area contributed by atoms with Gasteiger partial charge in [0, 0.05) is 27.4 Å². The molecule has 1 unspecified atom stereocenters. The lowest BCUT2D eigenvalue weighted by Gasteiger charge is -2.24. The summed E-state index contributed by atoms with van der Waals surface area (Å²) >= 11 is 0. The minimum atomic E-state index is -3.26. The minimum absolute atomic E-state index is 0.0326. The molecule has 0 aromatic carbocycles. The van der Waals surface area contributed by atoms with Gasteiger partial charge in [-0.25, -0.2) is 8.42 Å². The summed E-state index contributed by atoms with van der Waals surface area (Å²) in [6.45, 7) is 2.07. The summed E-state index contributed by atoms with van der Waals surface area (Å²) in [5.41, 5.74) is 0. The van der Waals surface area contributed by atoms with Crippen LogP contribution in [0.15, 0.2) is 0 Å². The van der Waals surface area contributed by atoms with Crippen LogP contribution < -0.4 is 0 Å². The van der Waals surface area contributed by atoms with E-state index in [0.717, 1.165) is 6.42 Å². The van der Waals surface area contributed by atoms with Crippen LogP contribution in [0.25, 0.3) is 0 Å². The lowest BCUT2D eigenvalue weighted by Crippen LogP contribution is -2.41. The summed E-state index contributed by atoms with van der Waals surface area (Å²) in [6.07, 6.45) is 1.50. The van der Waals surface area contributed by atoms with Gasteiger partial charge in [0.25, 0.3) is 0 Å². The number of hydrogen-bond donors (Lipinski definition) is 0. The largest absolute Gasteiger partial charge is 0.383 e. The number of ether oxygens (including phenoxy) is 3. The van der Waals surface area contributed by atoms with E-state index in [1.54, 1.807) is 18.5 Å². The van der Waals surface area contributed by atoms with Gasteiger partial charge in [-0.3, -0.25) is 0 Å².